The molecule has 1 heterocycles. The van der Waals surface area contributed by atoms with E-state index >= 15 is 0 Å². The Hall–Kier alpha value is -3.02. The number of alkyl carbamates (subject to hydrolysis) is 1. The normalized spacial score (nSPS) is 19.4. The molecule has 1 N–H and O–H groups in total. The highest BCUT2D eigenvalue weighted by molar-refractivity contribution is 5.76. The summed E-state index contributed by atoms with van der Waals surface area (Å²) in [6, 6.07) is 17.2. The van der Waals surface area contributed by atoms with Gasteiger partial charge in [-0.25, -0.2) is 4.79 Å². The lowest BCUT2D eigenvalue weighted by atomic mass is 9.81. The van der Waals surface area contributed by atoms with Crippen LogP contribution in [0, 0.1) is 11.8 Å². The highest BCUT2D eigenvalue weighted by atomic mass is 16.6. The van der Waals surface area contributed by atoms with Gasteiger partial charge in [0.2, 0.25) is 0 Å². The number of para-hydroxylation sites is 1. The topological polar surface area (TPSA) is 73.9 Å². The lowest BCUT2D eigenvalue weighted by Crippen LogP contribution is -2.46. The van der Waals surface area contributed by atoms with E-state index in [0.29, 0.717) is 12.8 Å². The molecule has 166 valence electrons. The lowest BCUT2D eigenvalue weighted by Gasteiger charge is -2.29. The van der Waals surface area contributed by atoms with Crippen LogP contribution in [0.25, 0.3) is 0 Å². The summed E-state index contributed by atoms with van der Waals surface area (Å²) >= 11 is 0. The Kier molecular flexibility index (Phi) is 7.21. The minimum atomic E-state index is -0.611. The van der Waals surface area contributed by atoms with Crippen molar-refractivity contribution < 1.29 is 23.8 Å². The van der Waals surface area contributed by atoms with Gasteiger partial charge in [-0.3, -0.25) is 4.79 Å². The van der Waals surface area contributed by atoms with Gasteiger partial charge in [0.25, 0.3) is 0 Å². The number of amides is 1. The highest BCUT2D eigenvalue weighted by Crippen LogP contribution is 2.33. The first kappa shape index (κ1) is 22.7. The van der Waals surface area contributed by atoms with Crippen LogP contribution in [0.3, 0.4) is 0 Å². The van der Waals surface area contributed by atoms with Gasteiger partial charge in [-0.1, -0.05) is 48.5 Å². The van der Waals surface area contributed by atoms with E-state index in [1.54, 1.807) is 7.11 Å². The highest BCUT2D eigenvalue weighted by Gasteiger charge is 2.42. The van der Waals surface area contributed by atoms with Gasteiger partial charge in [0.15, 0.2) is 0 Å². The number of carbonyl (C=O) groups is 2. The average molecular weight is 426 g/mol. The van der Waals surface area contributed by atoms with Crippen LogP contribution in [0.2, 0.25) is 0 Å². The zero-order valence-corrected chi connectivity index (χ0v) is 18.6. The van der Waals surface area contributed by atoms with Crippen LogP contribution >= 0.6 is 0 Å². The number of hydrogen-bond donors (Lipinski definition) is 1. The van der Waals surface area contributed by atoms with E-state index in [4.69, 9.17) is 14.2 Å². The number of esters is 1. The van der Waals surface area contributed by atoms with E-state index in [9.17, 15) is 9.59 Å². The van der Waals surface area contributed by atoms with E-state index in [-0.39, 0.29) is 30.5 Å². The summed E-state index contributed by atoms with van der Waals surface area (Å²) in [5.74, 6) is -0.0919. The summed E-state index contributed by atoms with van der Waals surface area (Å²) in [5, 5.41) is 3.00. The molecule has 0 spiro atoms. The van der Waals surface area contributed by atoms with E-state index in [0.717, 1.165) is 16.9 Å². The molecule has 0 saturated carbocycles. The molecule has 6 heteroatoms. The van der Waals surface area contributed by atoms with Crippen molar-refractivity contribution in [1.82, 2.24) is 5.32 Å². The van der Waals surface area contributed by atoms with Crippen molar-refractivity contribution in [3.05, 3.63) is 65.7 Å². The largest absolute Gasteiger partial charge is 0.496 e. The minimum Gasteiger partial charge on any atom is -0.496 e. The van der Waals surface area contributed by atoms with Gasteiger partial charge in [0, 0.05) is 12.0 Å². The van der Waals surface area contributed by atoms with Gasteiger partial charge in [-0.15, -0.1) is 0 Å². The molecule has 1 unspecified atom stereocenters. The molecule has 3 atom stereocenters. The maximum Gasteiger partial charge on any atom is 0.407 e. The Morgan fingerprint density at radius 1 is 1.13 bits per heavy atom. The number of methoxy groups -OCH3 is 1. The van der Waals surface area contributed by atoms with Crippen LogP contribution in [-0.4, -0.2) is 37.4 Å². The average Bonchev–Trinajstić information content (AvgIpc) is 3.07. The van der Waals surface area contributed by atoms with Crippen LogP contribution < -0.4 is 10.1 Å². The van der Waals surface area contributed by atoms with E-state index < -0.39 is 11.7 Å². The second-order valence-corrected chi connectivity index (χ2v) is 8.86. The van der Waals surface area contributed by atoms with Crippen LogP contribution in [-0.2, 0) is 27.1 Å². The molecule has 3 rings (SSSR count). The fourth-order valence-corrected chi connectivity index (χ4v) is 3.95. The van der Waals surface area contributed by atoms with Crippen molar-refractivity contribution in [3.8, 4) is 5.75 Å². The van der Waals surface area contributed by atoms with E-state index in [1.807, 2.05) is 75.4 Å². The molecule has 0 bridgehead atoms. The molecule has 6 nitrogen and oxygen atoms in total. The molecule has 1 aliphatic rings. The summed E-state index contributed by atoms with van der Waals surface area (Å²) < 4.78 is 16.4. The maximum atomic E-state index is 12.7. The second kappa shape index (κ2) is 9.86. The molecule has 2 aromatic carbocycles. The Morgan fingerprint density at radius 2 is 1.81 bits per heavy atom. The number of benzene rings is 2. The number of cyclic esters (lactones) is 1. The van der Waals surface area contributed by atoms with Gasteiger partial charge in [-0.05, 0) is 50.8 Å². The zero-order valence-electron chi connectivity index (χ0n) is 18.6. The van der Waals surface area contributed by atoms with Crippen molar-refractivity contribution in [2.24, 2.45) is 11.8 Å². The van der Waals surface area contributed by atoms with Crippen molar-refractivity contribution >= 4 is 12.1 Å². The van der Waals surface area contributed by atoms with Crippen molar-refractivity contribution in [1.29, 1.82) is 0 Å². The SMILES string of the molecule is COc1ccccc1C[C@H]1C(=O)OCC1[C@H](Cc1ccccc1)NC(=O)OC(C)(C)C. The fourth-order valence-electron chi connectivity index (χ4n) is 3.95. The molecule has 0 aromatic heterocycles. The summed E-state index contributed by atoms with van der Waals surface area (Å²) in [4.78, 5) is 25.2. The summed E-state index contributed by atoms with van der Waals surface area (Å²) in [7, 11) is 1.62. The van der Waals surface area contributed by atoms with Crippen molar-refractivity contribution in [2.45, 2.75) is 45.3 Å². The molecule has 1 amide bonds. The second-order valence-electron chi connectivity index (χ2n) is 8.86. The summed E-state index contributed by atoms with van der Waals surface area (Å²) in [6.45, 7) is 5.73. The zero-order chi connectivity index (χ0) is 22.4. The molecule has 1 fully saturated rings. The Bertz CT molecular complexity index is 890. The predicted octanol–water partition coefficient (Wildman–Crippen LogP) is 4.16. The van der Waals surface area contributed by atoms with Crippen LogP contribution in [0.4, 0.5) is 4.79 Å². The van der Waals surface area contributed by atoms with Crippen LogP contribution in [0.15, 0.2) is 54.6 Å². The minimum absolute atomic E-state index is 0.190. The molecule has 1 saturated heterocycles. The fraction of sp³-hybridized carbons (Fsp3) is 0.440. The quantitative estimate of drug-likeness (QED) is 0.674. The van der Waals surface area contributed by atoms with Crippen molar-refractivity contribution in [2.75, 3.05) is 13.7 Å². The lowest BCUT2D eigenvalue weighted by molar-refractivity contribution is -0.141. The van der Waals surface area contributed by atoms with Gasteiger partial charge >= 0.3 is 12.1 Å². The molecule has 0 aliphatic carbocycles. The number of ether oxygens (including phenoxy) is 3. The molecular weight excluding hydrogens is 394 g/mol. The van der Waals surface area contributed by atoms with Crippen LogP contribution in [0.1, 0.15) is 31.9 Å². The number of nitrogens with one attached hydrogen (secondary N) is 1. The first-order valence-corrected chi connectivity index (χ1v) is 10.6. The van der Waals surface area contributed by atoms with Crippen LogP contribution in [0.5, 0.6) is 5.75 Å². The third kappa shape index (κ3) is 6.23. The van der Waals surface area contributed by atoms with Crippen molar-refractivity contribution in [3.63, 3.8) is 0 Å². The molecule has 0 radical (unpaired) electrons. The number of carbonyl (C=O) groups excluding carboxylic acids is 2. The molecular formula is C25H31NO5. The molecule has 1 aliphatic heterocycles. The third-order valence-corrected chi connectivity index (χ3v) is 5.39. The summed E-state index contributed by atoms with van der Waals surface area (Å²) in [6.07, 6.45) is 0.558. The van der Waals surface area contributed by atoms with E-state index in [1.165, 1.54) is 0 Å². The number of rotatable bonds is 7. The molecule has 31 heavy (non-hydrogen) atoms. The van der Waals surface area contributed by atoms with Gasteiger partial charge in [-0.2, -0.15) is 0 Å². The Labute approximate surface area is 183 Å². The maximum absolute atomic E-state index is 12.7. The smallest absolute Gasteiger partial charge is 0.407 e. The Balaban J connectivity index is 1.84. The standard InChI is InChI=1S/C25H31NO5/c1-25(2,3)31-24(28)26-21(14-17-10-6-5-7-11-17)20-16-30-23(27)19(20)15-18-12-8-9-13-22(18)29-4/h5-13,19-21H,14-16H2,1-4H3,(H,26,28)/t19-,20?,21+/m1/s1. The monoisotopic (exact) mass is 425 g/mol. The van der Waals surface area contributed by atoms with Gasteiger partial charge < -0.3 is 19.5 Å². The molecule has 2 aromatic rings. The van der Waals surface area contributed by atoms with Gasteiger partial charge in [0.05, 0.1) is 19.6 Å². The van der Waals surface area contributed by atoms with E-state index in [2.05, 4.69) is 5.32 Å². The third-order valence-electron chi connectivity index (χ3n) is 5.39. The summed E-state index contributed by atoms with van der Waals surface area (Å²) in [5.41, 5.74) is 1.40. The van der Waals surface area contributed by atoms with Gasteiger partial charge in [0.1, 0.15) is 11.4 Å². The first-order chi connectivity index (χ1) is 14.8. The number of hydrogen-bond acceptors (Lipinski definition) is 5. The predicted molar refractivity (Wildman–Crippen MR) is 118 cm³/mol. The Morgan fingerprint density at radius 3 is 2.48 bits per heavy atom. The first-order valence-electron chi connectivity index (χ1n) is 10.6.